The average molecular weight is 483 g/mol. The van der Waals surface area contributed by atoms with Crippen LogP contribution >= 0.6 is 0 Å². The molecule has 0 aromatic carbocycles. The lowest BCUT2D eigenvalue weighted by molar-refractivity contribution is -0.142. The quantitative estimate of drug-likeness (QED) is 0.534. The van der Waals surface area contributed by atoms with Gasteiger partial charge in [0.2, 0.25) is 5.95 Å². The predicted molar refractivity (Wildman–Crippen MR) is 112 cm³/mol. The van der Waals surface area contributed by atoms with Crippen LogP contribution in [0.2, 0.25) is 0 Å². The maximum absolute atomic E-state index is 13.5. The lowest BCUT2D eigenvalue weighted by atomic mass is 9.92. The number of ether oxygens (including phenoxy) is 1. The fourth-order valence-electron chi connectivity index (χ4n) is 4.89. The molecule has 2 unspecified atom stereocenters. The van der Waals surface area contributed by atoms with E-state index in [0.717, 1.165) is 49.6 Å². The first kappa shape index (κ1) is 22.5. The minimum Gasteiger partial charge on any atom is -0.484 e. The van der Waals surface area contributed by atoms with Gasteiger partial charge in [0.1, 0.15) is 24.4 Å². The van der Waals surface area contributed by atoms with Crippen molar-refractivity contribution in [3.8, 4) is 5.75 Å². The van der Waals surface area contributed by atoms with Crippen LogP contribution in [0.1, 0.15) is 24.2 Å². The Morgan fingerprint density at radius 2 is 1.88 bits per heavy atom. The Morgan fingerprint density at radius 3 is 2.53 bits per heavy atom. The van der Waals surface area contributed by atoms with E-state index in [4.69, 9.17) is 4.74 Å². The summed E-state index contributed by atoms with van der Waals surface area (Å²) in [5.74, 6) is 1.11. The van der Waals surface area contributed by atoms with Crippen molar-refractivity contribution in [2.24, 2.45) is 11.8 Å². The highest BCUT2D eigenvalue weighted by Gasteiger charge is 2.43. The Morgan fingerprint density at radius 1 is 1.15 bits per heavy atom. The van der Waals surface area contributed by atoms with Gasteiger partial charge in [0.25, 0.3) is 6.43 Å². The van der Waals surface area contributed by atoms with Crippen LogP contribution in [0, 0.1) is 18.8 Å². The maximum atomic E-state index is 13.5. The molecule has 1 saturated carbocycles. The minimum absolute atomic E-state index is 0.00632. The molecule has 8 nitrogen and oxygen atoms in total. The van der Waals surface area contributed by atoms with Crippen molar-refractivity contribution >= 4 is 17.4 Å². The molecule has 3 aromatic heterocycles. The van der Waals surface area contributed by atoms with Crippen molar-refractivity contribution in [2.45, 2.75) is 38.4 Å². The summed E-state index contributed by atoms with van der Waals surface area (Å²) in [6.45, 7) is 2.41. The zero-order chi connectivity index (χ0) is 24.0. The van der Waals surface area contributed by atoms with Crippen LogP contribution in [0.3, 0.4) is 0 Å². The zero-order valence-corrected chi connectivity index (χ0v) is 18.1. The van der Waals surface area contributed by atoms with E-state index in [-0.39, 0.29) is 35.2 Å². The van der Waals surface area contributed by atoms with Gasteiger partial charge in [0.05, 0.1) is 0 Å². The Kier molecular flexibility index (Phi) is 5.64. The smallest absolute Gasteiger partial charge is 0.433 e. The second kappa shape index (κ2) is 8.51. The predicted octanol–water partition coefficient (Wildman–Crippen LogP) is 3.82. The summed E-state index contributed by atoms with van der Waals surface area (Å²) in [6, 6.07) is 3.64. The summed E-state index contributed by atoms with van der Waals surface area (Å²) >= 11 is 0. The van der Waals surface area contributed by atoms with E-state index in [2.05, 4.69) is 30.3 Å². The van der Waals surface area contributed by atoms with Gasteiger partial charge in [-0.3, -0.25) is 0 Å². The summed E-state index contributed by atoms with van der Waals surface area (Å²) in [4.78, 5) is 14.9. The van der Waals surface area contributed by atoms with Crippen LogP contribution in [0.5, 0.6) is 5.75 Å². The topological polar surface area (TPSA) is 80.5 Å². The first-order valence-electron chi connectivity index (χ1n) is 10.9. The van der Waals surface area contributed by atoms with Gasteiger partial charge in [-0.25, -0.2) is 23.3 Å². The number of pyridine rings is 1. The van der Waals surface area contributed by atoms with Crippen LogP contribution in [0.4, 0.5) is 33.7 Å². The third kappa shape index (κ3) is 4.30. The molecule has 2 bridgehead atoms. The summed E-state index contributed by atoms with van der Waals surface area (Å²) in [5.41, 5.74) is -0.458. The molecule has 13 heteroatoms. The van der Waals surface area contributed by atoms with Crippen LogP contribution in [-0.2, 0) is 6.18 Å². The molecule has 4 heterocycles. The molecule has 5 rings (SSSR count). The highest BCUT2D eigenvalue weighted by atomic mass is 19.4. The highest BCUT2D eigenvalue weighted by molar-refractivity contribution is 5.57. The van der Waals surface area contributed by atoms with E-state index in [1.807, 2.05) is 13.0 Å². The van der Waals surface area contributed by atoms with E-state index in [0.29, 0.717) is 4.52 Å². The molecule has 1 saturated heterocycles. The van der Waals surface area contributed by atoms with Gasteiger partial charge in [-0.15, -0.1) is 5.10 Å². The van der Waals surface area contributed by atoms with Crippen LogP contribution < -0.4 is 15.0 Å². The van der Waals surface area contributed by atoms with Crippen molar-refractivity contribution in [1.82, 2.24) is 24.6 Å². The Labute approximate surface area is 191 Å². The second-order valence-corrected chi connectivity index (χ2v) is 8.64. The van der Waals surface area contributed by atoms with Crippen molar-refractivity contribution < 1.29 is 26.7 Å². The number of halogens is 5. The number of aromatic nitrogens is 5. The van der Waals surface area contributed by atoms with E-state index in [1.54, 1.807) is 0 Å². The molecule has 3 aromatic rings. The number of alkyl halides is 5. The standard InChI is InChI=1S/C21H22F5N7O/c1-11-6-17(28-10-27-11)32-7-12-2-3-13(8-32)18(12)29-20-30-19-14(34-9-16(22)23)4-5-15(21(24,25)26)33(19)31-20/h4-6,10,12-13,16,18H,2-3,7-9H2,1H3,(H,29,31). The lowest BCUT2D eigenvalue weighted by Crippen LogP contribution is -2.48. The van der Waals surface area contributed by atoms with Gasteiger partial charge in [0.15, 0.2) is 11.4 Å². The number of piperidine rings is 1. The molecule has 1 aliphatic heterocycles. The van der Waals surface area contributed by atoms with Crippen LogP contribution in [-0.4, -0.2) is 56.7 Å². The molecule has 0 spiro atoms. The van der Waals surface area contributed by atoms with Crippen molar-refractivity contribution in [3.05, 3.63) is 35.9 Å². The van der Waals surface area contributed by atoms with Crippen molar-refractivity contribution in [1.29, 1.82) is 0 Å². The number of rotatable bonds is 6. The fraction of sp³-hybridized carbons (Fsp3) is 0.524. The summed E-state index contributed by atoms with van der Waals surface area (Å²) < 4.78 is 71.3. The number of aryl methyl sites for hydroxylation is 1. The van der Waals surface area contributed by atoms with Crippen molar-refractivity contribution in [2.75, 3.05) is 29.9 Å². The Balaban J connectivity index is 1.40. The van der Waals surface area contributed by atoms with Crippen molar-refractivity contribution in [3.63, 3.8) is 0 Å². The average Bonchev–Trinajstić information content (AvgIpc) is 3.28. The molecule has 0 amide bonds. The zero-order valence-electron chi connectivity index (χ0n) is 18.1. The van der Waals surface area contributed by atoms with Crippen LogP contribution in [0.15, 0.2) is 24.5 Å². The monoisotopic (exact) mass is 483 g/mol. The van der Waals surface area contributed by atoms with Gasteiger partial charge in [-0.05, 0) is 43.7 Å². The van der Waals surface area contributed by atoms with Gasteiger partial charge in [-0.2, -0.15) is 18.2 Å². The Hall–Kier alpha value is -3.25. The second-order valence-electron chi connectivity index (χ2n) is 8.64. The molecule has 1 N–H and O–H groups in total. The van der Waals surface area contributed by atoms with Gasteiger partial charge >= 0.3 is 6.18 Å². The fourth-order valence-corrected chi connectivity index (χ4v) is 4.89. The number of anilines is 2. The number of hydrogen-bond acceptors (Lipinski definition) is 7. The van der Waals surface area contributed by atoms with Gasteiger partial charge < -0.3 is 15.0 Å². The molecule has 2 aliphatic rings. The van der Waals surface area contributed by atoms with Gasteiger partial charge in [0, 0.05) is 30.9 Å². The number of hydrogen-bond donors (Lipinski definition) is 1. The summed E-state index contributed by atoms with van der Waals surface area (Å²) in [6.07, 6.45) is -4.05. The first-order chi connectivity index (χ1) is 16.2. The molecular formula is C21H22F5N7O. The van der Waals surface area contributed by atoms with E-state index in [9.17, 15) is 22.0 Å². The molecule has 2 atom stereocenters. The number of nitrogens with one attached hydrogen (secondary N) is 1. The molecule has 182 valence electrons. The summed E-state index contributed by atoms with van der Waals surface area (Å²) in [5, 5.41) is 7.23. The van der Waals surface area contributed by atoms with E-state index >= 15 is 0 Å². The largest absolute Gasteiger partial charge is 0.484 e. The van der Waals surface area contributed by atoms with Crippen LogP contribution in [0.25, 0.3) is 5.65 Å². The Bertz CT molecular complexity index is 1170. The van der Waals surface area contributed by atoms with Gasteiger partial charge in [-0.1, -0.05) is 0 Å². The normalized spacial score (nSPS) is 22.6. The molecule has 2 fully saturated rings. The third-order valence-electron chi connectivity index (χ3n) is 6.35. The first-order valence-corrected chi connectivity index (χ1v) is 10.9. The molecule has 0 radical (unpaired) electrons. The number of nitrogens with zero attached hydrogens (tertiary/aromatic N) is 6. The SMILES string of the molecule is Cc1cc(N2CC3CCC(C2)C3Nc2nc3c(OCC(F)F)ccc(C(F)(F)F)n3n2)ncn1. The summed E-state index contributed by atoms with van der Waals surface area (Å²) in [7, 11) is 0. The van der Waals surface area contributed by atoms with E-state index < -0.39 is 24.9 Å². The van der Waals surface area contributed by atoms with E-state index in [1.165, 1.54) is 6.33 Å². The molecule has 34 heavy (non-hydrogen) atoms. The highest BCUT2D eigenvalue weighted by Crippen LogP contribution is 2.40. The molecule has 1 aliphatic carbocycles. The lowest BCUT2D eigenvalue weighted by Gasteiger charge is -2.38. The maximum Gasteiger partial charge on any atom is 0.433 e. The minimum atomic E-state index is -4.70. The molecular weight excluding hydrogens is 461 g/mol. The third-order valence-corrected chi connectivity index (χ3v) is 6.35. The number of fused-ring (bicyclic) bond motifs is 3.